The fraction of sp³-hybridized carbons (Fsp3) is 0.500. The Morgan fingerprint density at radius 2 is 2.26 bits per heavy atom. The van der Waals surface area contributed by atoms with Crippen LogP contribution in [0.25, 0.3) is 0 Å². The second-order valence-electron chi connectivity index (χ2n) is 4.94. The summed E-state index contributed by atoms with van der Waals surface area (Å²) in [6.07, 6.45) is 1.96. The largest absolute Gasteiger partial charge is 0.382 e. The van der Waals surface area contributed by atoms with E-state index in [2.05, 4.69) is 4.98 Å². The molecule has 2 heterocycles. The van der Waals surface area contributed by atoms with Crippen LogP contribution in [-0.2, 0) is 9.53 Å². The van der Waals surface area contributed by atoms with Gasteiger partial charge in [0.2, 0.25) is 0 Å². The Kier molecular flexibility index (Phi) is 2.61. The number of hydrogen-bond acceptors (Lipinski definition) is 6. The normalized spacial score (nSPS) is 28.4. The number of carbonyl (C=O) groups is 1. The highest BCUT2D eigenvalue weighted by Crippen LogP contribution is 2.51. The van der Waals surface area contributed by atoms with Crippen molar-refractivity contribution in [2.24, 2.45) is 0 Å². The third-order valence-electron chi connectivity index (χ3n) is 3.69. The Labute approximate surface area is 108 Å². The first-order chi connectivity index (χ1) is 9.03. The zero-order valence-electron chi connectivity index (χ0n) is 9.98. The summed E-state index contributed by atoms with van der Waals surface area (Å²) < 4.78 is 5.74. The number of Topliss-reactive ketones (excluding diaryl/α,β-unsaturated/α-hetero) is 1. The first-order valence-corrected chi connectivity index (χ1v) is 6.00. The zero-order valence-corrected chi connectivity index (χ0v) is 9.98. The Hall–Kier alpha value is -1.86. The lowest BCUT2D eigenvalue weighted by Crippen LogP contribution is -2.44. The Morgan fingerprint density at radius 1 is 1.53 bits per heavy atom. The number of ketones is 1. The molecule has 0 bridgehead atoms. The van der Waals surface area contributed by atoms with Crippen molar-refractivity contribution in [3.63, 3.8) is 0 Å². The second-order valence-corrected chi connectivity index (χ2v) is 4.94. The molecular formula is C12H12N2O5. The number of carbonyl (C=O) groups excluding carboxylic acids is 1. The molecule has 0 unspecified atom stereocenters. The third kappa shape index (κ3) is 1.91. The van der Waals surface area contributed by atoms with Crippen LogP contribution in [0.3, 0.4) is 0 Å². The van der Waals surface area contributed by atoms with E-state index in [4.69, 9.17) is 4.74 Å². The van der Waals surface area contributed by atoms with Crippen molar-refractivity contribution in [2.75, 3.05) is 0 Å². The van der Waals surface area contributed by atoms with Crippen molar-refractivity contribution in [2.45, 2.75) is 37.1 Å². The van der Waals surface area contributed by atoms with Crippen LogP contribution in [0.5, 0.6) is 0 Å². The fourth-order valence-electron chi connectivity index (χ4n) is 2.49. The lowest BCUT2D eigenvalue weighted by molar-refractivity contribution is -0.386. The van der Waals surface area contributed by atoms with E-state index in [1.165, 1.54) is 12.3 Å². The highest BCUT2D eigenvalue weighted by Gasteiger charge is 2.58. The van der Waals surface area contributed by atoms with Gasteiger partial charge in [0.1, 0.15) is 17.9 Å². The monoisotopic (exact) mass is 264 g/mol. The molecule has 7 heteroatoms. The van der Waals surface area contributed by atoms with E-state index in [0.717, 1.165) is 6.20 Å². The molecule has 1 saturated carbocycles. The molecule has 100 valence electrons. The highest BCUT2D eigenvalue weighted by molar-refractivity contribution is 5.86. The number of ether oxygens (including phenoxy) is 1. The molecule has 0 aromatic carbocycles. The van der Waals surface area contributed by atoms with E-state index >= 15 is 0 Å². The average Bonchev–Trinajstić information content (AvgIpc) is 3.16. The summed E-state index contributed by atoms with van der Waals surface area (Å²) in [5.74, 6) is -0.320. The van der Waals surface area contributed by atoms with E-state index in [1.54, 1.807) is 0 Å². The van der Waals surface area contributed by atoms with Gasteiger partial charge in [-0.3, -0.25) is 19.9 Å². The lowest BCUT2D eigenvalue weighted by atomic mass is 9.93. The van der Waals surface area contributed by atoms with Gasteiger partial charge in [-0.15, -0.1) is 0 Å². The maximum atomic E-state index is 11.8. The van der Waals surface area contributed by atoms with E-state index in [-0.39, 0.29) is 17.9 Å². The second kappa shape index (κ2) is 4.07. The van der Waals surface area contributed by atoms with Gasteiger partial charge < -0.3 is 9.84 Å². The average molecular weight is 264 g/mol. The predicted molar refractivity (Wildman–Crippen MR) is 62.3 cm³/mol. The van der Waals surface area contributed by atoms with Gasteiger partial charge in [-0.25, -0.2) is 0 Å². The Bertz CT molecular complexity index is 555. The van der Waals surface area contributed by atoms with Crippen LogP contribution in [-0.4, -0.2) is 32.5 Å². The fourth-order valence-corrected chi connectivity index (χ4v) is 2.49. The van der Waals surface area contributed by atoms with Crippen LogP contribution in [0.1, 0.15) is 30.9 Å². The number of nitro groups is 1. The predicted octanol–water partition coefficient (Wildman–Crippen LogP) is 0.914. The number of aromatic nitrogens is 1. The number of nitrogens with zero attached hydrogens (tertiary/aromatic N) is 2. The molecule has 0 amide bonds. The van der Waals surface area contributed by atoms with Gasteiger partial charge in [0.05, 0.1) is 16.6 Å². The SMILES string of the molecule is O=C1C[C@H](c2ccncc2[N+](=O)[O-])OC2(CC2)[C@H]1O. The molecule has 19 heavy (non-hydrogen) atoms. The van der Waals surface area contributed by atoms with Gasteiger partial charge in [-0.1, -0.05) is 0 Å². The van der Waals surface area contributed by atoms with Crippen molar-refractivity contribution >= 4 is 11.5 Å². The van der Waals surface area contributed by atoms with Crippen LogP contribution in [0, 0.1) is 10.1 Å². The van der Waals surface area contributed by atoms with Gasteiger partial charge in [-0.05, 0) is 18.9 Å². The Morgan fingerprint density at radius 3 is 2.89 bits per heavy atom. The lowest BCUT2D eigenvalue weighted by Gasteiger charge is -2.33. The van der Waals surface area contributed by atoms with Crippen LogP contribution in [0.15, 0.2) is 18.5 Å². The summed E-state index contributed by atoms with van der Waals surface area (Å²) in [7, 11) is 0. The molecule has 1 aliphatic carbocycles. The number of aliphatic hydroxyl groups excluding tert-OH is 1. The zero-order chi connectivity index (χ0) is 13.6. The molecule has 7 nitrogen and oxygen atoms in total. The van der Waals surface area contributed by atoms with Gasteiger partial charge >= 0.3 is 0 Å². The maximum Gasteiger partial charge on any atom is 0.293 e. The summed E-state index contributed by atoms with van der Waals surface area (Å²) >= 11 is 0. The summed E-state index contributed by atoms with van der Waals surface area (Å²) in [5.41, 5.74) is -0.643. The molecule has 3 rings (SSSR count). The summed E-state index contributed by atoms with van der Waals surface area (Å²) in [6.45, 7) is 0. The van der Waals surface area contributed by atoms with Crippen LogP contribution >= 0.6 is 0 Å². The highest BCUT2D eigenvalue weighted by atomic mass is 16.6. The molecular weight excluding hydrogens is 252 g/mol. The number of rotatable bonds is 2. The van der Waals surface area contributed by atoms with Crippen molar-refractivity contribution in [1.29, 1.82) is 0 Å². The van der Waals surface area contributed by atoms with E-state index in [9.17, 15) is 20.0 Å². The molecule has 0 radical (unpaired) electrons. The molecule has 2 aliphatic rings. The summed E-state index contributed by atoms with van der Waals surface area (Å²) in [5, 5.41) is 20.8. The van der Waals surface area contributed by atoms with Crippen molar-refractivity contribution in [3.05, 3.63) is 34.1 Å². The van der Waals surface area contributed by atoms with Crippen molar-refractivity contribution in [1.82, 2.24) is 4.98 Å². The maximum absolute atomic E-state index is 11.8. The number of pyridine rings is 1. The van der Waals surface area contributed by atoms with Crippen LogP contribution < -0.4 is 0 Å². The minimum atomic E-state index is -1.11. The first kappa shape index (κ1) is 12.2. The number of hydrogen-bond donors (Lipinski definition) is 1. The summed E-state index contributed by atoms with van der Waals surface area (Å²) in [6, 6.07) is 1.49. The first-order valence-electron chi connectivity index (χ1n) is 6.00. The van der Waals surface area contributed by atoms with E-state index in [1.807, 2.05) is 0 Å². The van der Waals surface area contributed by atoms with Gasteiger partial charge in [0, 0.05) is 12.6 Å². The molecule has 1 N–H and O–H groups in total. The minimum absolute atomic E-state index is 0.0478. The topological polar surface area (TPSA) is 103 Å². The Balaban J connectivity index is 1.95. The number of aliphatic hydroxyl groups is 1. The standard InChI is InChI=1S/C12H12N2O5/c15-9-5-10(19-12(2-3-12)11(9)16)7-1-4-13-6-8(7)14(17)18/h1,4,6,10-11,16H,2-3,5H2/t10-,11+/m1/s1. The quantitative estimate of drug-likeness (QED) is 0.629. The van der Waals surface area contributed by atoms with Crippen LogP contribution in [0.4, 0.5) is 5.69 Å². The molecule has 1 aromatic rings. The molecule has 1 aromatic heterocycles. The van der Waals surface area contributed by atoms with Gasteiger partial charge in [0.15, 0.2) is 5.78 Å². The third-order valence-corrected chi connectivity index (χ3v) is 3.69. The smallest absolute Gasteiger partial charge is 0.293 e. The molecule has 2 atom stereocenters. The van der Waals surface area contributed by atoms with Gasteiger partial charge in [-0.2, -0.15) is 0 Å². The summed E-state index contributed by atoms with van der Waals surface area (Å²) in [4.78, 5) is 25.9. The van der Waals surface area contributed by atoms with Crippen molar-refractivity contribution in [3.8, 4) is 0 Å². The van der Waals surface area contributed by atoms with Crippen molar-refractivity contribution < 1.29 is 19.6 Å². The molecule has 1 saturated heterocycles. The van der Waals surface area contributed by atoms with E-state index < -0.39 is 22.7 Å². The molecule has 1 aliphatic heterocycles. The van der Waals surface area contributed by atoms with Crippen LogP contribution in [0.2, 0.25) is 0 Å². The molecule has 1 spiro atoms. The molecule has 2 fully saturated rings. The van der Waals surface area contributed by atoms with Gasteiger partial charge in [0.25, 0.3) is 5.69 Å². The minimum Gasteiger partial charge on any atom is -0.382 e. The van der Waals surface area contributed by atoms with E-state index in [0.29, 0.717) is 18.4 Å².